The highest BCUT2D eigenvalue weighted by Crippen LogP contribution is 2.41. The monoisotopic (exact) mass is 458 g/mol. The molecule has 6 nitrogen and oxygen atoms in total. The molecule has 0 atom stereocenters. The molecule has 0 bridgehead atoms. The van der Waals surface area contributed by atoms with Gasteiger partial charge in [0.1, 0.15) is 0 Å². The number of urea groups is 1. The predicted octanol–water partition coefficient (Wildman–Crippen LogP) is 4.78. The van der Waals surface area contributed by atoms with Crippen molar-refractivity contribution in [2.75, 3.05) is 43.4 Å². The highest BCUT2D eigenvalue weighted by Gasteiger charge is 2.26. The Labute approximate surface area is 198 Å². The fraction of sp³-hybridized carbons (Fsp3) is 0.231. The number of fused-ring (bicyclic) bond motifs is 2. The molecule has 5 rings (SSSR count). The van der Waals surface area contributed by atoms with Gasteiger partial charge in [-0.25, -0.2) is 4.79 Å². The predicted molar refractivity (Wildman–Crippen MR) is 132 cm³/mol. The summed E-state index contributed by atoms with van der Waals surface area (Å²) in [4.78, 5) is 33.7. The molecular weight excluding hydrogens is 432 g/mol. The van der Waals surface area contributed by atoms with Crippen LogP contribution in [0.4, 0.5) is 16.2 Å². The van der Waals surface area contributed by atoms with Crippen LogP contribution >= 0.6 is 11.8 Å². The van der Waals surface area contributed by atoms with Crippen LogP contribution in [-0.4, -0.2) is 55.0 Å². The number of hydrogen-bond donors (Lipinski definition) is 1. The summed E-state index contributed by atoms with van der Waals surface area (Å²) in [7, 11) is 1.78. The van der Waals surface area contributed by atoms with Crippen LogP contribution in [0.3, 0.4) is 0 Å². The van der Waals surface area contributed by atoms with Crippen LogP contribution < -0.4 is 10.2 Å². The summed E-state index contributed by atoms with van der Waals surface area (Å²) in [5.41, 5.74) is 3.47. The Kier molecular flexibility index (Phi) is 6.07. The zero-order chi connectivity index (χ0) is 22.8. The normalized spacial score (nSPS) is 16.1. The Morgan fingerprint density at radius 1 is 0.909 bits per heavy atom. The van der Waals surface area contributed by atoms with Crippen LogP contribution in [0.2, 0.25) is 0 Å². The smallest absolute Gasteiger partial charge is 0.321 e. The molecular formula is C26H26N4O2S. The number of anilines is 2. The van der Waals surface area contributed by atoms with E-state index in [1.165, 1.54) is 5.56 Å². The van der Waals surface area contributed by atoms with Crippen molar-refractivity contribution in [2.45, 2.75) is 16.3 Å². The van der Waals surface area contributed by atoms with Crippen molar-refractivity contribution in [1.29, 1.82) is 0 Å². The molecule has 7 heteroatoms. The van der Waals surface area contributed by atoms with E-state index in [1.807, 2.05) is 53.4 Å². The molecule has 0 aromatic heterocycles. The first-order chi connectivity index (χ1) is 16.1. The van der Waals surface area contributed by atoms with E-state index in [0.29, 0.717) is 24.3 Å². The third kappa shape index (κ3) is 4.60. The van der Waals surface area contributed by atoms with E-state index in [4.69, 9.17) is 0 Å². The van der Waals surface area contributed by atoms with Crippen LogP contribution in [0.15, 0.2) is 82.6 Å². The van der Waals surface area contributed by atoms with E-state index in [9.17, 15) is 9.59 Å². The average molecular weight is 459 g/mol. The first-order valence-corrected chi connectivity index (χ1v) is 11.9. The lowest BCUT2D eigenvalue weighted by Crippen LogP contribution is -2.49. The number of benzene rings is 3. The van der Waals surface area contributed by atoms with Crippen molar-refractivity contribution in [3.8, 4) is 0 Å². The molecule has 3 amide bonds. The number of hydrogen-bond acceptors (Lipinski definition) is 4. The lowest BCUT2D eigenvalue weighted by Gasteiger charge is -2.34. The van der Waals surface area contributed by atoms with Crippen molar-refractivity contribution in [3.05, 3.63) is 83.9 Å². The summed E-state index contributed by atoms with van der Waals surface area (Å²) in [5, 5.41) is 3.02. The second-order valence-electron chi connectivity index (χ2n) is 8.32. The molecule has 2 heterocycles. The fourth-order valence-electron chi connectivity index (χ4n) is 4.24. The fourth-order valence-corrected chi connectivity index (χ4v) is 5.32. The first-order valence-electron chi connectivity index (χ1n) is 11.1. The summed E-state index contributed by atoms with van der Waals surface area (Å²) in [6, 6.07) is 23.7. The summed E-state index contributed by atoms with van der Waals surface area (Å²) < 4.78 is 0. The minimum atomic E-state index is -0.104. The molecule has 1 fully saturated rings. The highest BCUT2D eigenvalue weighted by atomic mass is 32.2. The van der Waals surface area contributed by atoms with Gasteiger partial charge in [0.15, 0.2) is 0 Å². The van der Waals surface area contributed by atoms with Gasteiger partial charge < -0.3 is 15.1 Å². The van der Waals surface area contributed by atoms with Crippen molar-refractivity contribution in [3.63, 3.8) is 0 Å². The van der Waals surface area contributed by atoms with Crippen LogP contribution in [0.1, 0.15) is 15.9 Å². The number of nitrogens with zero attached hydrogens (tertiary/aromatic N) is 3. The number of piperazine rings is 1. The maximum atomic E-state index is 13.0. The molecule has 1 saturated heterocycles. The van der Waals surface area contributed by atoms with Crippen molar-refractivity contribution in [2.24, 2.45) is 0 Å². The molecule has 0 radical (unpaired) electrons. The molecule has 0 unspecified atom stereocenters. The van der Waals surface area contributed by atoms with E-state index in [1.54, 1.807) is 23.7 Å². The number of rotatable bonds is 3. The van der Waals surface area contributed by atoms with Gasteiger partial charge >= 0.3 is 6.03 Å². The summed E-state index contributed by atoms with van der Waals surface area (Å²) in [5.74, 6) is -0.0464. The molecule has 3 aromatic rings. The molecule has 2 aliphatic rings. The molecule has 0 spiro atoms. The first kappa shape index (κ1) is 21.6. The Morgan fingerprint density at radius 3 is 2.42 bits per heavy atom. The Balaban J connectivity index is 1.24. The van der Waals surface area contributed by atoms with Crippen LogP contribution in [-0.2, 0) is 6.54 Å². The second kappa shape index (κ2) is 9.29. The maximum Gasteiger partial charge on any atom is 0.321 e. The largest absolute Gasteiger partial charge is 0.322 e. The zero-order valence-electron chi connectivity index (χ0n) is 18.5. The van der Waals surface area contributed by atoms with Gasteiger partial charge in [0.05, 0.1) is 11.3 Å². The minimum absolute atomic E-state index is 0.0464. The summed E-state index contributed by atoms with van der Waals surface area (Å²) in [6.07, 6.45) is 0. The highest BCUT2D eigenvalue weighted by molar-refractivity contribution is 7.99. The Bertz CT molecular complexity index is 1180. The third-order valence-corrected chi connectivity index (χ3v) is 7.26. The van der Waals surface area contributed by atoms with E-state index in [0.717, 1.165) is 35.1 Å². The van der Waals surface area contributed by atoms with Gasteiger partial charge in [-0.15, -0.1) is 0 Å². The van der Waals surface area contributed by atoms with Gasteiger partial charge in [0.25, 0.3) is 5.91 Å². The molecule has 1 N–H and O–H groups in total. The van der Waals surface area contributed by atoms with Gasteiger partial charge in [-0.2, -0.15) is 0 Å². The topological polar surface area (TPSA) is 55.9 Å². The van der Waals surface area contributed by atoms with Gasteiger partial charge in [0, 0.05) is 55.2 Å². The van der Waals surface area contributed by atoms with Gasteiger partial charge in [0.2, 0.25) is 0 Å². The summed E-state index contributed by atoms with van der Waals surface area (Å²) in [6.45, 7) is 3.97. The number of nitrogens with one attached hydrogen (secondary N) is 1. The van der Waals surface area contributed by atoms with E-state index in [-0.39, 0.29) is 11.9 Å². The maximum absolute atomic E-state index is 13.0. The molecule has 3 aromatic carbocycles. The zero-order valence-corrected chi connectivity index (χ0v) is 19.3. The van der Waals surface area contributed by atoms with E-state index >= 15 is 0 Å². The quantitative estimate of drug-likeness (QED) is 0.614. The molecule has 2 aliphatic heterocycles. The van der Waals surface area contributed by atoms with Gasteiger partial charge in [-0.1, -0.05) is 54.2 Å². The van der Waals surface area contributed by atoms with E-state index < -0.39 is 0 Å². The summed E-state index contributed by atoms with van der Waals surface area (Å²) >= 11 is 1.58. The second-order valence-corrected chi connectivity index (χ2v) is 9.41. The standard InChI is InChI=1S/C26H26N4O2S/c1-28-22-17-20(11-12-24(22)33-23-10-6-5-9-21(23)25(28)31)27-26(32)30-15-13-29(14-16-30)18-19-7-3-2-4-8-19/h2-12,17H,13-16,18H2,1H3,(H,27,32). The Morgan fingerprint density at radius 2 is 1.64 bits per heavy atom. The number of amides is 3. The SMILES string of the molecule is CN1C(=O)c2ccccc2Sc2ccc(NC(=O)N3CCN(Cc4ccccc4)CC3)cc21. The lowest BCUT2D eigenvalue weighted by molar-refractivity contribution is 0.0990. The van der Waals surface area contributed by atoms with Crippen LogP contribution in [0.5, 0.6) is 0 Å². The van der Waals surface area contributed by atoms with Gasteiger partial charge in [-0.05, 0) is 35.9 Å². The molecule has 0 aliphatic carbocycles. The number of carbonyl (C=O) groups is 2. The minimum Gasteiger partial charge on any atom is -0.322 e. The molecule has 33 heavy (non-hydrogen) atoms. The van der Waals surface area contributed by atoms with Gasteiger partial charge in [-0.3, -0.25) is 9.69 Å². The van der Waals surface area contributed by atoms with Crippen LogP contribution in [0, 0.1) is 0 Å². The van der Waals surface area contributed by atoms with E-state index in [2.05, 4.69) is 34.5 Å². The Hall–Kier alpha value is -3.29. The van der Waals surface area contributed by atoms with Crippen molar-refractivity contribution < 1.29 is 9.59 Å². The average Bonchev–Trinajstić information content (AvgIpc) is 2.95. The molecule has 0 saturated carbocycles. The van der Waals surface area contributed by atoms with Crippen molar-refractivity contribution in [1.82, 2.24) is 9.80 Å². The lowest BCUT2D eigenvalue weighted by atomic mass is 10.2. The third-order valence-electron chi connectivity index (χ3n) is 6.12. The number of carbonyl (C=O) groups excluding carboxylic acids is 2. The van der Waals surface area contributed by atoms with Crippen molar-refractivity contribution >= 4 is 35.1 Å². The molecule has 168 valence electrons. The van der Waals surface area contributed by atoms with Crippen LogP contribution in [0.25, 0.3) is 0 Å².